The second-order valence-electron chi connectivity index (χ2n) is 5.25. The average molecular weight is 294 g/mol. The topological polar surface area (TPSA) is 50.4 Å². The zero-order valence-electron chi connectivity index (χ0n) is 12.4. The van der Waals surface area contributed by atoms with Crippen molar-refractivity contribution in [3.8, 4) is 5.75 Å². The second kappa shape index (κ2) is 5.56. The molecule has 4 nitrogen and oxygen atoms in total. The van der Waals surface area contributed by atoms with E-state index in [0.29, 0.717) is 6.42 Å². The van der Waals surface area contributed by atoms with Gasteiger partial charge in [-0.15, -0.1) is 6.58 Å². The molecule has 0 aliphatic carbocycles. The smallest absolute Gasteiger partial charge is 0.255 e. The number of hydrogen-bond donors (Lipinski definition) is 2. The predicted octanol–water partition coefficient (Wildman–Crippen LogP) is 3.53. The minimum Gasteiger partial charge on any atom is -0.497 e. The molecule has 0 bridgehead atoms. The van der Waals surface area contributed by atoms with E-state index in [1.54, 1.807) is 13.2 Å². The minimum atomic E-state index is -0.826. The molecule has 0 saturated heterocycles. The number of ether oxygens (including phenoxy) is 1. The number of hydrogen-bond acceptors (Lipinski definition) is 3. The Morgan fingerprint density at radius 3 is 2.64 bits per heavy atom. The fraction of sp³-hybridized carbons (Fsp3) is 0.167. The van der Waals surface area contributed by atoms with E-state index in [9.17, 15) is 4.79 Å². The number of benzene rings is 2. The monoisotopic (exact) mass is 294 g/mol. The fourth-order valence-corrected chi connectivity index (χ4v) is 2.83. The third-order valence-corrected chi connectivity index (χ3v) is 3.92. The predicted molar refractivity (Wildman–Crippen MR) is 88.2 cm³/mol. The van der Waals surface area contributed by atoms with Crippen LogP contribution in [0.25, 0.3) is 0 Å². The number of fused-ring (bicyclic) bond motifs is 1. The van der Waals surface area contributed by atoms with Crippen LogP contribution < -0.4 is 15.4 Å². The summed E-state index contributed by atoms with van der Waals surface area (Å²) in [6, 6.07) is 15.3. The van der Waals surface area contributed by atoms with E-state index < -0.39 is 5.54 Å². The zero-order chi connectivity index (χ0) is 15.6. The molecule has 0 spiro atoms. The van der Waals surface area contributed by atoms with Crippen LogP contribution >= 0.6 is 0 Å². The first-order valence-corrected chi connectivity index (χ1v) is 7.14. The number of para-hydroxylation sites is 1. The van der Waals surface area contributed by atoms with Crippen LogP contribution in [0.1, 0.15) is 12.0 Å². The SMILES string of the molecule is C=CC[C@]1(Nc2ccc(OC)cc2)C(=O)Nc2ccccc21. The molecule has 2 N–H and O–H groups in total. The van der Waals surface area contributed by atoms with E-state index in [1.807, 2.05) is 48.5 Å². The van der Waals surface area contributed by atoms with E-state index in [1.165, 1.54) is 0 Å². The van der Waals surface area contributed by atoms with Gasteiger partial charge in [0.2, 0.25) is 0 Å². The van der Waals surface area contributed by atoms with Crippen molar-refractivity contribution in [2.24, 2.45) is 0 Å². The van der Waals surface area contributed by atoms with Gasteiger partial charge in [-0.1, -0.05) is 24.3 Å². The van der Waals surface area contributed by atoms with Crippen molar-refractivity contribution in [1.29, 1.82) is 0 Å². The third kappa shape index (κ3) is 2.22. The van der Waals surface area contributed by atoms with Gasteiger partial charge in [0.05, 0.1) is 7.11 Å². The average Bonchev–Trinajstić information content (AvgIpc) is 2.81. The van der Waals surface area contributed by atoms with Crippen LogP contribution in [0.3, 0.4) is 0 Å². The highest BCUT2D eigenvalue weighted by Gasteiger charge is 2.45. The molecular weight excluding hydrogens is 276 g/mol. The standard InChI is InChI=1S/C18H18N2O2/c1-3-12-18(20-13-8-10-14(22-2)11-9-13)15-6-4-5-7-16(15)19-17(18)21/h3-11,20H,1,12H2,2H3,(H,19,21)/t18-/m1/s1. The molecule has 2 aromatic rings. The minimum absolute atomic E-state index is 0.0654. The van der Waals surface area contributed by atoms with Crippen LogP contribution in [-0.2, 0) is 10.3 Å². The highest BCUT2D eigenvalue weighted by Crippen LogP contribution is 2.41. The lowest BCUT2D eigenvalue weighted by molar-refractivity contribution is -0.119. The van der Waals surface area contributed by atoms with Crippen molar-refractivity contribution in [2.45, 2.75) is 12.0 Å². The summed E-state index contributed by atoms with van der Waals surface area (Å²) in [6.07, 6.45) is 2.26. The second-order valence-corrected chi connectivity index (χ2v) is 5.25. The number of nitrogens with one attached hydrogen (secondary N) is 2. The van der Waals surface area contributed by atoms with Crippen molar-refractivity contribution < 1.29 is 9.53 Å². The molecule has 1 heterocycles. The first kappa shape index (κ1) is 14.2. The van der Waals surface area contributed by atoms with Gasteiger partial charge in [0, 0.05) is 23.4 Å². The van der Waals surface area contributed by atoms with Gasteiger partial charge >= 0.3 is 0 Å². The van der Waals surface area contributed by atoms with Gasteiger partial charge in [-0.2, -0.15) is 0 Å². The van der Waals surface area contributed by atoms with Crippen molar-refractivity contribution >= 4 is 17.3 Å². The molecule has 0 unspecified atom stereocenters. The van der Waals surface area contributed by atoms with E-state index in [4.69, 9.17) is 4.74 Å². The summed E-state index contributed by atoms with van der Waals surface area (Å²) in [5.74, 6) is 0.712. The molecule has 112 valence electrons. The van der Waals surface area contributed by atoms with E-state index >= 15 is 0 Å². The van der Waals surface area contributed by atoms with E-state index in [-0.39, 0.29) is 5.91 Å². The lowest BCUT2D eigenvalue weighted by Gasteiger charge is -2.29. The summed E-state index contributed by atoms with van der Waals surface area (Å²) in [6.45, 7) is 3.81. The van der Waals surface area contributed by atoms with Crippen molar-refractivity contribution in [2.75, 3.05) is 17.7 Å². The van der Waals surface area contributed by atoms with Gasteiger partial charge in [0.25, 0.3) is 5.91 Å². The summed E-state index contributed by atoms with van der Waals surface area (Å²) in [7, 11) is 1.63. The summed E-state index contributed by atoms with van der Waals surface area (Å²) in [5, 5.41) is 6.32. The quantitative estimate of drug-likeness (QED) is 0.829. The zero-order valence-corrected chi connectivity index (χ0v) is 12.4. The Morgan fingerprint density at radius 1 is 1.23 bits per heavy atom. The van der Waals surface area contributed by atoms with Gasteiger partial charge < -0.3 is 15.4 Å². The largest absolute Gasteiger partial charge is 0.497 e. The van der Waals surface area contributed by atoms with E-state index in [0.717, 1.165) is 22.7 Å². The summed E-state index contributed by atoms with van der Waals surface area (Å²) in [4.78, 5) is 12.6. The first-order valence-electron chi connectivity index (χ1n) is 7.14. The summed E-state index contributed by atoms with van der Waals surface area (Å²) < 4.78 is 5.17. The molecule has 1 atom stereocenters. The molecule has 2 aromatic carbocycles. The Morgan fingerprint density at radius 2 is 1.95 bits per heavy atom. The molecule has 1 aliphatic heterocycles. The maximum absolute atomic E-state index is 12.6. The number of amides is 1. The lowest BCUT2D eigenvalue weighted by Crippen LogP contribution is -2.41. The van der Waals surface area contributed by atoms with Crippen LogP contribution in [0.2, 0.25) is 0 Å². The Hall–Kier alpha value is -2.75. The maximum atomic E-state index is 12.6. The fourth-order valence-electron chi connectivity index (χ4n) is 2.83. The van der Waals surface area contributed by atoms with Gasteiger partial charge in [0.15, 0.2) is 0 Å². The number of carbonyl (C=O) groups is 1. The number of methoxy groups -OCH3 is 1. The molecule has 4 heteroatoms. The van der Waals surface area contributed by atoms with Crippen LogP contribution in [-0.4, -0.2) is 13.0 Å². The Labute approximate surface area is 129 Å². The summed E-state index contributed by atoms with van der Waals surface area (Å²) in [5.41, 5.74) is 1.81. The lowest BCUT2D eigenvalue weighted by atomic mass is 9.87. The van der Waals surface area contributed by atoms with Gasteiger partial charge in [0.1, 0.15) is 11.3 Å². The van der Waals surface area contributed by atoms with Crippen molar-refractivity contribution in [1.82, 2.24) is 0 Å². The first-order chi connectivity index (χ1) is 10.7. The van der Waals surface area contributed by atoms with Crippen LogP contribution in [0, 0.1) is 0 Å². The van der Waals surface area contributed by atoms with Crippen molar-refractivity contribution in [3.05, 3.63) is 66.7 Å². The highest BCUT2D eigenvalue weighted by atomic mass is 16.5. The van der Waals surface area contributed by atoms with Gasteiger partial charge in [-0.25, -0.2) is 0 Å². The number of anilines is 2. The molecule has 1 aliphatic rings. The van der Waals surface area contributed by atoms with Crippen LogP contribution in [0.15, 0.2) is 61.2 Å². The van der Waals surface area contributed by atoms with Gasteiger partial charge in [-0.3, -0.25) is 4.79 Å². The Bertz CT molecular complexity index is 709. The summed E-state index contributed by atoms with van der Waals surface area (Å²) >= 11 is 0. The molecule has 0 aromatic heterocycles. The third-order valence-electron chi connectivity index (χ3n) is 3.92. The number of carbonyl (C=O) groups excluding carboxylic acids is 1. The molecule has 1 amide bonds. The van der Waals surface area contributed by atoms with Crippen molar-refractivity contribution in [3.63, 3.8) is 0 Å². The molecule has 0 saturated carbocycles. The maximum Gasteiger partial charge on any atom is 0.255 e. The van der Waals surface area contributed by atoms with Crippen LogP contribution in [0.4, 0.5) is 11.4 Å². The Kier molecular flexibility index (Phi) is 3.59. The van der Waals surface area contributed by atoms with E-state index in [2.05, 4.69) is 17.2 Å². The normalized spacial score (nSPS) is 19.2. The highest BCUT2D eigenvalue weighted by molar-refractivity contribution is 6.07. The Balaban J connectivity index is 2.01. The molecular formula is C18H18N2O2. The van der Waals surface area contributed by atoms with Gasteiger partial charge in [-0.05, 0) is 30.3 Å². The van der Waals surface area contributed by atoms with Crippen LogP contribution in [0.5, 0.6) is 5.75 Å². The molecule has 3 rings (SSSR count). The molecule has 0 fully saturated rings. The molecule has 22 heavy (non-hydrogen) atoms. The number of rotatable bonds is 5. The molecule has 0 radical (unpaired) electrons.